The molecule has 4 nitrogen and oxygen atoms in total. The van der Waals surface area contributed by atoms with E-state index in [0.29, 0.717) is 6.07 Å². The van der Waals surface area contributed by atoms with Crippen LogP contribution in [0.2, 0.25) is 5.02 Å². The molecule has 0 unspecified atom stereocenters. The predicted octanol–water partition coefficient (Wildman–Crippen LogP) is 1.32. The van der Waals surface area contributed by atoms with Gasteiger partial charge in [-0.1, -0.05) is 11.6 Å². The first-order valence-electron chi connectivity index (χ1n) is 3.29. The van der Waals surface area contributed by atoms with Crippen molar-refractivity contribution >= 4 is 21.6 Å². The molecular weight excluding hydrogens is 238 g/mol. The molecule has 0 aliphatic heterocycles. The smallest absolute Gasteiger partial charge is 0.254 e. The number of nitrogens with two attached hydrogens (primary N) is 1. The van der Waals surface area contributed by atoms with E-state index < -0.39 is 27.0 Å². The zero-order chi connectivity index (χ0) is 10.9. The van der Waals surface area contributed by atoms with Gasteiger partial charge in [-0.15, -0.1) is 0 Å². The Morgan fingerprint density at radius 3 is 2.50 bits per heavy atom. The fourth-order valence-electron chi connectivity index (χ4n) is 0.773. The largest absolute Gasteiger partial charge is 0.280 e. The molecule has 0 spiro atoms. The molecule has 14 heavy (non-hydrogen) atoms. The van der Waals surface area contributed by atoms with Gasteiger partial charge >= 0.3 is 0 Å². The Labute approximate surface area is 83.8 Å². The summed E-state index contributed by atoms with van der Waals surface area (Å²) in [6, 6.07) is 0.655. The second kappa shape index (κ2) is 3.76. The normalized spacial score (nSPS) is 12.1. The highest BCUT2D eigenvalue weighted by Crippen LogP contribution is 2.24. The third-order valence-corrected chi connectivity index (χ3v) is 2.74. The van der Waals surface area contributed by atoms with E-state index in [0.717, 1.165) is 6.20 Å². The summed E-state index contributed by atoms with van der Waals surface area (Å²) in [6.07, 6.45) is -2.05. The summed E-state index contributed by atoms with van der Waals surface area (Å²) in [5.74, 6) is 0. The molecule has 0 radical (unpaired) electrons. The summed E-state index contributed by atoms with van der Waals surface area (Å²) in [5, 5.41) is 4.46. The number of pyridine rings is 1. The Hall–Kier alpha value is -0.790. The van der Waals surface area contributed by atoms with Crippen molar-refractivity contribution < 1.29 is 17.2 Å². The van der Waals surface area contributed by atoms with Gasteiger partial charge in [0.1, 0.15) is 10.6 Å². The number of hydrogen-bond acceptors (Lipinski definition) is 3. The number of halogens is 3. The summed E-state index contributed by atoms with van der Waals surface area (Å²) < 4.78 is 45.9. The topological polar surface area (TPSA) is 73.1 Å². The summed E-state index contributed by atoms with van der Waals surface area (Å²) in [5.41, 5.74) is -0.682. The minimum absolute atomic E-state index is 0.281. The molecule has 0 aliphatic carbocycles. The fourth-order valence-corrected chi connectivity index (χ4v) is 1.81. The minimum Gasteiger partial charge on any atom is -0.254 e. The number of nitrogens with zero attached hydrogens (tertiary/aromatic N) is 1. The van der Waals surface area contributed by atoms with E-state index in [1.165, 1.54) is 0 Å². The van der Waals surface area contributed by atoms with Gasteiger partial charge in [-0.2, -0.15) is 0 Å². The molecule has 2 N–H and O–H groups in total. The quantitative estimate of drug-likeness (QED) is 0.850. The summed E-state index contributed by atoms with van der Waals surface area (Å²) >= 11 is 5.42. The van der Waals surface area contributed by atoms with E-state index in [1.807, 2.05) is 0 Å². The molecule has 8 heteroatoms. The van der Waals surface area contributed by atoms with Crippen LogP contribution in [-0.2, 0) is 10.0 Å². The first kappa shape index (κ1) is 11.3. The van der Waals surface area contributed by atoms with Crippen LogP contribution in [0.1, 0.15) is 12.1 Å². The van der Waals surface area contributed by atoms with Gasteiger partial charge in [0.15, 0.2) is 0 Å². The van der Waals surface area contributed by atoms with Crippen LogP contribution in [0.3, 0.4) is 0 Å². The Bertz CT molecular complexity index is 449. The fraction of sp³-hybridized carbons (Fsp3) is 0.167. The van der Waals surface area contributed by atoms with Gasteiger partial charge in [0.05, 0.1) is 5.02 Å². The molecule has 78 valence electrons. The third-order valence-electron chi connectivity index (χ3n) is 1.37. The van der Waals surface area contributed by atoms with E-state index in [-0.39, 0.29) is 5.02 Å². The van der Waals surface area contributed by atoms with Crippen molar-refractivity contribution in [2.45, 2.75) is 11.3 Å². The molecule has 0 aromatic carbocycles. The molecule has 0 bridgehead atoms. The van der Waals surface area contributed by atoms with E-state index in [2.05, 4.69) is 4.98 Å². The van der Waals surface area contributed by atoms with Crippen molar-refractivity contribution in [3.63, 3.8) is 0 Å². The zero-order valence-corrected chi connectivity index (χ0v) is 8.19. The number of hydrogen-bond donors (Lipinski definition) is 1. The molecule has 1 aromatic heterocycles. The lowest BCUT2D eigenvalue weighted by Gasteiger charge is -2.03. The van der Waals surface area contributed by atoms with E-state index in [1.54, 1.807) is 0 Å². The third kappa shape index (κ3) is 2.37. The van der Waals surface area contributed by atoms with Crippen molar-refractivity contribution in [3.8, 4) is 0 Å². The maximum atomic E-state index is 12.1. The zero-order valence-electron chi connectivity index (χ0n) is 6.62. The molecular formula is C6H5ClF2N2O2S. The first-order chi connectivity index (χ1) is 6.32. The van der Waals surface area contributed by atoms with Gasteiger partial charge in [0, 0.05) is 6.20 Å². The van der Waals surface area contributed by atoms with Crippen LogP contribution in [0.5, 0.6) is 0 Å². The van der Waals surface area contributed by atoms with Gasteiger partial charge in [0.2, 0.25) is 10.0 Å². The van der Waals surface area contributed by atoms with Crippen molar-refractivity contribution in [1.29, 1.82) is 0 Å². The van der Waals surface area contributed by atoms with E-state index in [4.69, 9.17) is 16.7 Å². The maximum absolute atomic E-state index is 12.1. The number of rotatable bonds is 2. The number of sulfonamides is 1. The van der Waals surface area contributed by atoms with Gasteiger partial charge < -0.3 is 0 Å². The van der Waals surface area contributed by atoms with Crippen LogP contribution in [-0.4, -0.2) is 13.4 Å². The van der Waals surface area contributed by atoms with Gasteiger partial charge in [-0.3, -0.25) is 4.98 Å². The monoisotopic (exact) mass is 242 g/mol. The van der Waals surface area contributed by atoms with Gasteiger partial charge in [-0.05, 0) is 6.07 Å². The van der Waals surface area contributed by atoms with Crippen molar-refractivity contribution in [1.82, 2.24) is 4.98 Å². The van der Waals surface area contributed by atoms with Gasteiger partial charge in [0.25, 0.3) is 6.43 Å². The van der Waals surface area contributed by atoms with Gasteiger partial charge in [-0.25, -0.2) is 22.3 Å². The molecule has 0 aliphatic rings. The average Bonchev–Trinajstić information content (AvgIpc) is 2.02. The van der Waals surface area contributed by atoms with Crippen LogP contribution in [0, 0.1) is 0 Å². The lowest BCUT2D eigenvalue weighted by molar-refractivity contribution is 0.146. The Morgan fingerprint density at radius 2 is 2.07 bits per heavy atom. The minimum atomic E-state index is -4.09. The summed E-state index contributed by atoms with van der Waals surface area (Å²) in [7, 11) is -4.09. The number of aromatic nitrogens is 1. The van der Waals surface area contributed by atoms with Crippen molar-refractivity contribution in [3.05, 3.63) is 23.0 Å². The highest BCUT2D eigenvalue weighted by molar-refractivity contribution is 7.89. The standard InChI is InChI=1S/C6H5ClF2N2O2S/c7-3-2-11-4(6(8)9)1-5(3)14(10,12)13/h1-2,6H,(H2,10,12,13). The first-order valence-corrected chi connectivity index (χ1v) is 5.21. The predicted molar refractivity (Wildman–Crippen MR) is 45.6 cm³/mol. The Morgan fingerprint density at radius 1 is 1.50 bits per heavy atom. The number of primary sulfonamides is 1. The number of alkyl halides is 2. The highest BCUT2D eigenvalue weighted by Gasteiger charge is 2.17. The molecule has 0 saturated heterocycles. The molecule has 0 amide bonds. The van der Waals surface area contributed by atoms with Crippen LogP contribution < -0.4 is 5.14 Å². The molecule has 0 atom stereocenters. The van der Waals surface area contributed by atoms with Crippen LogP contribution in [0.4, 0.5) is 8.78 Å². The highest BCUT2D eigenvalue weighted by atomic mass is 35.5. The van der Waals surface area contributed by atoms with Crippen LogP contribution >= 0.6 is 11.6 Å². The van der Waals surface area contributed by atoms with E-state index in [9.17, 15) is 17.2 Å². The molecule has 1 heterocycles. The summed E-state index contributed by atoms with van der Waals surface area (Å²) in [4.78, 5) is 2.70. The summed E-state index contributed by atoms with van der Waals surface area (Å²) in [6.45, 7) is 0. The van der Waals surface area contributed by atoms with E-state index >= 15 is 0 Å². The molecule has 0 fully saturated rings. The Kier molecular flexibility index (Phi) is 3.03. The molecule has 0 saturated carbocycles. The van der Waals surface area contributed by atoms with Crippen LogP contribution in [0.25, 0.3) is 0 Å². The lowest BCUT2D eigenvalue weighted by Crippen LogP contribution is -2.13. The molecule has 1 aromatic rings. The lowest BCUT2D eigenvalue weighted by atomic mass is 10.4. The Balaban J connectivity index is 3.37. The average molecular weight is 243 g/mol. The van der Waals surface area contributed by atoms with Crippen molar-refractivity contribution in [2.24, 2.45) is 5.14 Å². The van der Waals surface area contributed by atoms with Crippen molar-refractivity contribution in [2.75, 3.05) is 0 Å². The maximum Gasteiger partial charge on any atom is 0.280 e. The molecule has 1 rings (SSSR count). The van der Waals surface area contributed by atoms with Crippen LogP contribution in [0.15, 0.2) is 17.2 Å². The SMILES string of the molecule is NS(=O)(=O)c1cc(C(F)F)ncc1Cl. The second-order valence-corrected chi connectivity index (χ2v) is 4.32. The second-order valence-electron chi connectivity index (χ2n) is 2.39.